The van der Waals surface area contributed by atoms with Crippen molar-refractivity contribution in [2.45, 2.75) is 38.6 Å². The van der Waals surface area contributed by atoms with Gasteiger partial charge >= 0.3 is 0 Å². The molecule has 23 heavy (non-hydrogen) atoms. The third-order valence-electron chi connectivity index (χ3n) is 5.08. The van der Waals surface area contributed by atoms with E-state index >= 15 is 0 Å². The molecule has 5 heteroatoms. The zero-order valence-electron chi connectivity index (χ0n) is 13.5. The van der Waals surface area contributed by atoms with Gasteiger partial charge in [0.2, 0.25) is 11.8 Å². The van der Waals surface area contributed by atoms with Crippen molar-refractivity contribution in [3.63, 3.8) is 0 Å². The SMILES string of the molecule is CC(=O)N1CCC(C(=O)N2CCCC2c2ccc(F)cc2)CC1. The van der Waals surface area contributed by atoms with Gasteiger partial charge in [0.25, 0.3) is 0 Å². The van der Waals surface area contributed by atoms with Crippen LogP contribution in [-0.4, -0.2) is 41.2 Å². The van der Waals surface area contributed by atoms with Crippen molar-refractivity contribution in [3.05, 3.63) is 35.6 Å². The molecule has 0 aromatic heterocycles. The number of hydrogen-bond donors (Lipinski definition) is 0. The van der Waals surface area contributed by atoms with Crippen LogP contribution in [0.4, 0.5) is 4.39 Å². The van der Waals surface area contributed by atoms with Gasteiger partial charge in [0.1, 0.15) is 5.82 Å². The topological polar surface area (TPSA) is 40.6 Å². The molecule has 2 heterocycles. The van der Waals surface area contributed by atoms with Crippen molar-refractivity contribution in [2.24, 2.45) is 5.92 Å². The van der Waals surface area contributed by atoms with Crippen LogP contribution in [0, 0.1) is 11.7 Å². The lowest BCUT2D eigenvalue weighted by Gasteiger charge is -2.34. The van der Waals surface area contributed by atoms with E-state index in [0.717, 1.165) is 37.8 Å². The lowest BCUT2D eigenvalue weighted by molar-refractivity contribution is -0.140. The maximum absolute atomic E-state index is 13.1. The van der Waals surface area contributed by atoms with Gasteiger partial charge in [0, 0.05) is 32.5 Å². The van der Waals surface area contributed by atoms with Gasteiger partial charge in [-0.25, -0.2) is 4.39 Å². The Morgan fingerprint density at radius 1 is 1.04 bits per heavy atom. The van der Waals surface area contributed by atoms with Gasteiger partial charge in [-0.2, -0.15) is 0 Å². The van der Waals surface area contributed by atoms with Crippen molar-refractivity contribution in [1.29, 1.82) is 0 Å². The first-order valence-electron chi connectivity index (χ1n) is 8.37. The van der Waals surface area contributed by atoms with Gasteiger partial charge in [-0.3, -0.25) is 9.59 Å². The van der Waals surface area contributed by atoms with Crippen molar-refractivity contribution in [1.82, 2.24) is 9.80 Å². The molecule has 3 rings (SSSR count). The molecule has 1 aromatic rings. The molecule has 0 aliphatic carbocycles. The minimum atomic E-state index is -0.249. The van der Waals surface area contributed by atoms with E-state index in [2.05, 4.69) is 0 Å². The Morgan fingerprint density at radius 2 is 1.70 bits per heavy atom. The molecule has 0 spiro atoms. The molecule has 1 aromatic carbocycles. The molecule has 0 radical (unpaired) electrons. The first kappa shape index (κ1) is 16.0. The van der Waals surface area contributed by atoms with Crippen molar-refractivity contribution < 1.29 is 14.0 Å². The highest BCUT2D eigenvalue weighted by Gasteiger charge is 2.35. The minimum absolute atomic E-state index is 0.00616. The van der Waals surface area contributed by atoms with Gasteiger partial charge < -0.3 is 9.80 Å². The predicted molar refractivity (Wildman–Crippen MR) is 85.1 cm³/mol. The van der Waals surface area contributed by atoms with Crippen LogP contribution < -0.4 is 0 Å². The third-order valence-corrected chi connectivity index (χ3v) is 5.08. The number of piperidine rings is 1. The second-order valence-corrected chi connectivity index (χ2v) is 6.52. The predicted octanol–water partition coefficient (Wildman–Crippen LogP) is 2.75. The largest absolute Gasteiger partial charge is 0.343 e. The molecule has 2 fully saturated rings. The first-order chi connectivity index (χ1) is 11.1. The van der Waals surface area contributed by atoms with Crippen molar-refractivity contribution in [2.75, 3.05) is 19.6 Å². The third kappa shape index (κ3) is 3.38. The number of amides is 2. The minimum Gasteiger partial charge on any atom is -0.343 e. The molecule has 0 bridgehead atoms. The van der Waals surface area contributed by atoms with Crippen LogP contribution in [0.3, 0.4) is 0 Å². The fourth-order valence-corrected chi connectivity index (χ4v) is 3.74. The molecule has 4 nitrogen and oxygen atoms in total. The number of halogens is 1. The summed E-state index contributed by atoms with van der Waals surface area (Å²) >= 11 is 0. The smallest absolute Gasteiger partial charge is 0.226 e. The molecule has 124 valence electrons. The highest BCUT2D eigenvalue weighted by molar-refractivity contribution is 5.80. The maximum Gasteiger partial charge on any atom is 0.226 e. The molecule has 2 aliphatic rings. The van der Waals surface area contributed by atoms with E-state index in [0.29, 0.717) is 13.1 Å². The van der Waals surface area contributed by atoms with Crippen LogP contribution in [0.15, 0.2) is 24.3 Å². The molecule has 0 saturated carbocycles. The highest BCUT2D eigenvalue weighted by Crippen LogP contribution is 2.34. The van der Waals surface area contributed by atoms with E-state index in [1.165, 1.54) is 12.1 Å². The number of carbonyl (C=O) groups is 2. The number of likely N-dealkylation sites (tertiary alicyclic amines) is 2. The number of benzene rings is 1. The quantitative estimate of drug-likeness (QED) is 0.841. The average molecular weight is 318 g/mol. The number of nitrogens with zero attached hydrogens (tertiary/aromatic N) is 2. The van der Waals surface area contributed by atoms with E-state index in [9.17, 15) is 14.0 Å². The lowest BCUT2D eigenvalue weighted by atomic mass is 9.94. The fraction of sp³-hybridized carbons (Fsp3) is 0.556. The summed E-state index contributed by atoms with van der Waals surface area (Å²) in [6.07, 6.45) is 3.40. The van der Waals surface area contributed by atoms with E-state index in [4.69, 9.17) is 0 Å². The molecule has 1 unspecified atom stereocenters. The molecule has 1 atom stereocenters. The van der Waals surface area contributed by atoms with Crippen LogP contribution in [0.5, 0.6) is 0 Å². The summed E-state index contributed by atoms with van der Waals surface area (Å²) in [5.41, 5.74) is 1.01. The standard InChI is InChI=1S/C18H23FN2O2/c1-13(22)20-11-8-15(9-12-20)18(23)21-10-2-3-17(21)14-4-6-16(19)7-5-14/h4-7,15,17H,2-3,8-12H2,1H3. The Hall–Kier alpha value is -1.91. The van der Waals surface area contributed by atoms with Crippen LogP contribution in [-0.2, 0) is 9.59 Å². The fourth-order valence-electron chi connectivity index (χ4n) is 3.74. The molecule has 2 amide bonds. The van der Waals surface area contributed by atoms with Crippen LogP contribution >= 0.6 is 0 Å². The summed E-state index contributed by atoms with van der Waals surface area (Å²) in [6, 6.07) is 6.55. The molecular formula is C18H23FN2O2. The Labute approximate surface area is 136 Å². The van der Waals surface area contributed by atoms with E-state index in [-0.39, 0.29) is 29.6 Å². The second kappa shape index (κ2) is 6.69. The molecule has 0 N–H and O–H groups in total. The Kier molecular flexibility index (Phi) is 4.64. The number of hydrogen-bond acceptors (Lipinski definition) is 2. The Balaban J connectivity index is 1.67. The first-order valence-corrected chi connectivity index (χ1v) is 8.37. The summed E-state index contributed by atoms with van der Waals surface area (Å²) in [4.78, 5) is 28.0. The molecule has 2 saturated heterocycles. The molecular weight excluding hydrogens is 295 g/mol. The van der Waals surface area contributed by atoms with Gasteiger partial charge in [0.05, 0.1) is 6.04 Å². The normalized spacial score (nSPS) is 22.4. The van der Waals surface area contributed by atoms with Crippen LogP contribution in [0.2, 0.25) is 0 Å². The zero-order valence-corrected chi connectivity index (χ0v) is 13.5. The molecule has 2 aliphatic heterocycles. The summed E-state index contributed by atoms with van der Waals surface area (Å²) in [6.45, 7) is 3.68. The Bertz CT molecular complexity index is 579. The second-order valence-electron chi connectivity index (χ2n) is 6.52. The number of rotatable bonds is 2. The van der Waals surface area contributed by atoms with E-state index < -0.39 is 0 Å². The van der Waals surface area contributed by atoms with Crippen molar-refractivity contribution >= 4 is 11.8 Å². The summed E-state index contributed by atoms with van der Waals surface area (Å²) in [7, 11) is 0. The van der Waals surface area contributed by atoms with E-state index in [1.807, 2.05) is 9.80 Å². The van der Waals surface area contributed by atoms with Crippen LogP contribution in [0.1, 0.15) is 44.2 Å². The van der Waals surface area contributed by atoms with Gasteiger partial charge in [-0.1, -0.05) is 12.1 Å². The van der Waals surface area contributed by atoms with Gasteiger partial charge in [0.15, 0.2) is 0 Å². The summed E-state index contributed by atoms with van der Waals surface area (Å²) in [5.74, 6) is 0.0363. The highest BCUT2D eigenvalue weighted by atomic mass is 19.1. The Morgan fingerprint density at radius 3 is 2.30 bits per heavy atom. The number of carbonyl (C=O) groups excluding carboxylic acids is 2. The van der Waals surface area contributed by atoms with Gasteiger partial charge in [-0.05, 0) is 43.4 Å². The van der Waals surface area contributed by atoms with Crippen molar-refractivity contribution in [3.8, 4) is 0 Å². The maximum atomic E-state index is 13.1. The van der Waals surface area contributed by atoms with E-state index in [1.54, 1.807) is 19.1 Å². The monoisotopic (exact) mass is 318 g/mol. The zero-order chi connectivity index (χ0) is 16.4. The van der Waals surface area contributed by atoms with Gasteiger partial charge in [-0.15, -0.1) is 0 Å². The average Bonchev–Trinajstić information content (AvgIpc) is 3.04. The summed E-state index contributed by atoms with van der Waals surface area (Å²) < 4.78 is 13.1. The van der Waals surface area contributed by atoms with Crippen LogP contribution in [0.25, 0.3) is 0 Å². The summed E-state index contributed by atoms with van der Waals surface area (Å²) in [5, 5.41) is 0. The lowest BCUT2D eigenvalue weighted by Crippen LogP contribution is -2.43.